The van der Waals surface area contributed by atoms with Crippen LogP contribution in [0.3, 0.4) is 0 Å². The Labute approximate surface area is 619 Å². The maximum Gasteiger partial charge on any atom is 0.472 e. The van der Waals surface area contributed by atoms with E-state index in [-0.39, 0.29) is 25.7 Å². The number of rotatable bonds is 79. The van der Waals surface area contributed by atoms with Gasteiger partial charge in [0.1, 0.15) is 19.3 Å². The van der Waals surface area contributed by atoms with E-state index >= 15 is 0 Å². The lowest BCUT2D eigenvalue weighted by Gasteiger charge is -2.21. The molecule has 600 valence electrons. The van der Waals surface area contributed by atoms with Crippen LogP contribution in [0.1, 0.15) is 421 Å². The fourth-order valence-corrected chi connectivity index (χ4v) is 14.2. The molecule has 0 fully saturated rings. The number of aliphatic hydroxyl groups is 1. The van der Waals surface area contributed by atoms with E-state index in [0.717, 1.165) is 114 Å². The summed E-state index contributed by atoms with van der Waals surface area (Å²) >= 11 is 0. The Morgan fingerprint density at radius 3 is 0.703 bits per heavy atom. The third-order valence-corrected chi connectivity index (χ3v) is 21.3. The minimum Gasteiger partial charge on any atom is -0.462 e. The highest BCUT2D eigenvalue weighted by Crippen LogP contribution is 2.45. The molecule has 101 heavy (non-hydrogen) atoms. The number of phosphoric acid groups is 2. The van der Waals surface area contributed by atoms with Gasteiger partial charge >= 0.3 is 39.5 Å². The predicted molar refractivity (Wildman–Crippen MR) is 414 cm³/mol. The molecule has 0 aromatic carbocycles. The zero-order valence-electron chi connectivity index (χ0n) is 66.5. The van der Waals surface area contributed by atoms with Gasteiger partial charge in [-0.25, -0.2) is 9.13 Å². The fraction of sp³-hybridized carbons (Fsp3) is 0.951. The third kappa shape index (κ3) is 74.7. The average molecular weight is 1480 g/mol. The van der Waals surface area contributed by atoms with Crippen LogP contribution in [0.5, 0.6) is 0 Å². The molecule has 19 heteroatoms. The molecule has 0 aromatic heterocycles. The lowest BCUT2D eigenvalue weighted by atomic mass is 9.99. The van der Waals surface area contributed by atoms with Crippen LogP contribution in [-0.2, 0) is 65.4 Å². The number of hydrogen-bond acceptors (Lipinski definition) is 15. The highest BCUT2D eigenvalue weighted by atomic mass is 31.2. The van der Waals surface area contributed by atoms with Crippen LogP contribution in [0, 0.1) is 23.7 Å². The Hall–Kier alpha value is -1.94. The number of phosphoric ester groups is 2. The Morgan fingerprint density at radius 2 is 0.475 bits per heavy atom. The molecule has 0 spiro atoms. The maximum absolute atomic E-state index is 13.1. The highest BCUT2D eigenvalue weighted by Gasteiger charge is 2.30. The van der Waals surface area contributed by atoms with E-state index in [1.807, 2.05) is 0 Å². The largest absolute Gasteiger partial charge is 0.472 e. The van der Waals surface area contributed by atoms with Crippen molar-refractivity contribution < 1.29 is 80.2 Å². The summed E-state index contributed by atoms with van der Waals surface area (Å²) in [5, 5.41) is 10.6. The van der Waals surface area contributed by atoms with Gasteiger partial charge in [0, 0.05) is 25.7 Å². The molecule has 0 aliphatic rings. The summed E-state index contributed by atoms with van der Waals surface area (Å²) in [5.41, 5.74) is 0. The summed E-state index contributed by atoms with van der Waals surface area (Å²) in [6.07, 6.45) is 58.3. The van der Waals surface area contributed by atoms with Crippen LogP contribution in [-0.4, -0.2) is 96.7 Å². The number of hydrogen-bond donors (Lipinski definition) is 3. The highest BCUT2D eigenvalue weighted by molar-refractivity contribution is 7.47. The Kier molecular flexibility index (Phi) is 69.6. The molecule has 0 saturated carbocycles. The zero-order chi connectivity index (χ0) is 74.6. The molecular formula is C82H160O17P2. The van der Waals surface area contributed by atoms with Crippen LogP contribution in [0.4, 0.5) is 0 Å². The average Bonchev–Trinajstić information content (AvgIpc) is 1.24. The van der Waals surface area contributed by atoms with Crippen molar-refractivity contribution >= 4 is 39.5 Å². The van der Waals surface area contributed by atoms with Gasteiger partial charge in [0.05, 0.1) is 26.4 Å². The molecule has 0 aromatic rings. The van der Waals surface area contributed by atoms with E-state index in [4.69, 9.17) is 37.0 Å². The molecular weight excluding hydrogens is 1320 g/mol. The van der Waals surface area contributed by atoms with Crippen molar-refractivity contribution in [3.63, 3.8) is 0 Å². The van der Waals surface area contributed by atoms with Crippen molar-refractivity contribution in [1.82, 2.24) is 0 Å². The summed E-state index contributed by atoms with van der Waals surface area (Å²) in [6.45, 7) is 14.3. The van der Waals surface area contributed by atoms with E-state index in [2.05, 4.69) is 55.4 Å². The second kappa shape index (κ2) is 71.0. The molecule has 0 bridgehead atoms. The number of aliphatic hydroxyl groups excluding tert-OH is 1. The summed E-state index contributed by atoms with van der Waals surface area (Å²) in [4.78, 5) is 73.0. The van der Waals surface area contributed by atoms with E-state index in [0.29, 0.717) is 31.6 Å². The summed E-state index contributed by atoms with van der Waals surface area (Å²) in [7, 11) is -9.92. The van der Waals surface area contributed by atoms with Gasteiger partial charge in [-0.3, -0.25) is 37.3 Å². The number of carbonyl (C=O) groups is 4. The summed E-state index contributed by atoms with van der Waals surface area (Å²) in [6, 6.07) is 0. The molecule has 0 aliphatic heterocycles. The van der Waals surface area contributed by atoms with Crippen molar-refractivity contribution in [3.8, 4) is 0 Å². The monoisotopic (exact) mass is 1480 g/mol. The smallest absolute Gasteiger partial charge is 0.462 e. The molecule has 3 unspecified atom stereocenters. The molecule has 0 heterocycles. The normalized spacial score (nSPS) is 14.3. The van der Waals surface area contributed by atoms with Crippen LogP contribution in [0.15, 0.2) is 0 Å². The van der Waals surface area contributed by atoms with Crippen LogP contribution in [0.25, 0.3) is 0 Å². The predicted octanol–water partition coefficient (Wildman–Crippen LogP) is 24.4. The van der Waals surface area contributed by atoms with Gasteiger partial charge in [0.2, 0.25) is 0 Å². The Morgan fingerprint density at radius 1 is 0.277 bits per heavy atom. The second-order valence-electron chi connectivity index (χ2n) is 31.2. The first-order valence-electron chi connectivity index (χ1n) is 42.2. The van der Waals surface area contributed by atoms with Gasteiger partial charge in [0.15, 0.2) is 12.2 Å². The van der Waals surface area contributed by atoms with Gasteiger partial charge in [0.25, 0.3) is 0 Å². The first kappa shape index (κ1) is 99.1. The molecule has 0 aliphatic carbocycles. The van der Waals surface area contributed by atoms with Crippen molar-refractivity contribution in [2.45, 2.75) is 440 Å². The minimum absolute atomic E-state index is 0.106. The van der Waals surface area contributed by atoms with Crippen LogP contribution >= 0.6 is 15.6 Å². The van der Waals surface area contributed by atoms with Crippen LogP contribution in [0.2, 0.25) is 0 Å². The van der Waals surface area contributed by atoms with E-state index in [1.165, 1.54) is 218 Å². The standard InChI is InChI=1S/C82H160O17P2/c1-9-75(8)61-53-45-36-30-24-18-12-15-19-25-31-37-46-54-62-79(84)92-68-77(98-81(86)64-56-48-38-32-26-20-13-10-16-22-28-34-42-50-58-72(2)3)70-96-100(88,89)94-66-76(83)67-95-101(90,91)97-71-78(69-93-80(85)63-55-47-41-40-44-52-60-74(6)7)99-82(87)65-57-49-39-33-27-21-14-11-17-23-29-35-43-51-59-73(4)5/h72-78,83H,9-71H2,1-8H3,(H,88,89)(H,90,91)/t75?,76-,77-,78-/m1/s1. The fourth-order valence-electron chi connectivity index (χ4n) is 12.6. The van der Waals surface area contributed by atoms with Gasteiger partial charge in [-0.15, -0.1) is 0 Å². The summed E-state index contributed by atoms with van der Waals surface area (Å²) in [5.74, 6) is 1.01. The third-order valence-electron chi connectivity index (χ3n) is 19.4. The van der Waals surface area contributed by atoms with Crippen molar-refractivity contribution in [2.75, 3.05) is 39.6 Å². The minimum atomic E-state index is -4.96. The van der Waals surface area contributed by atoms with Gasteiger partial charge in [-0.2, -0.15) is 0 Å². The number of unbranched alkanes of at least 4 members (excludes halogenated alkanes) is 44. The Bertz CT molecular complexity index is 1970. The molecule has 0 amide bonds. The topological polar surface area (TPSA) is 237 Å². The van der Waals surface area contributed by atoms with Crippen molar-refractivity contribution in [1.29, 1.82) is 0 Å². The van der Waals surface area contributed by atoms with Crippen molar-refractivity contribution in [2.24, 2.45) is 23.7 Å². The maximum atomic E-state index is 13.1. The number of ether oxygens (including phenoxy) is 4. The SMILES string of the molecule is CCC(C)CCCCCCCCCCCCCCCCC(=O)OC[C@H](COP(=O)(O)OC[C@@H](O)COP(=O)(O)OC[C@@H](COC(=O)CCCCCCCCC(C)C)OC(=O)CCCCCCCCCCCCCCCCC(C)C)OC(=O)CCCCCCCCCCCCCCCCC(C)C. The number of esters is 4. The second-order valence-corrected chi connectivity index (χ2v) is 34.1. The molecule has 0 saturated heterocycles. The molecule has 3 N–H and O–H groups in total. The van der Waals surface area contributed by atoms with E-state index in [1.54, 1.807) is 0 Å². The number of carbonyl (C=O) groups excluding carboxylic acids is 4. The van der Waals surface area contributed by atoms with E-state index in [9.17, 15) is 43.2 Å². The zero-order valence-corrected chi connectivity index (χ0v) is 68.3. The first-order chi connectivity index (χ1) is 48.6. The molecule has 0 rings (SSSR count). The first-order valence-corrected chi connectivity index (χ1v) is 45.2. The van der Waals surface area contributed by atoms with Crippen molar-refractivity contribution in [3.05, 3.63) is 0 Å². The molecule has 17 nitrogen and oxygen atoms in total. The lowest BCUT2D eigenvalue weighted by molar-refractivity contribution is -0.161. The van der Waals surface area contributed by atoms with Gasteiger partial charge in [-0.05, 0) is 49.4 Å². The molecule has 6 atom stereocenters. The quantitative estimate of drug-likeness (QED) is 0.0222. The van der Waals surface area contributed by atoms with Gasteiger partial charge < -0.3 is 33.8 Å². The van der Waals surface area contributed by atoms with E-state index < -0.39 is 97.5 Å². The van der Waals surface area contributed by atoms with Gasteiger partial charge in [-0.1, -0.05) is 370 Å². The summed E-state index contributed by atoms with van der Waals surface area (Å²) < 4.78 is 68.7. The Balaban J connectivity index is 5.23. The molecule has 0 radical (unpaired) electrons. The van der Waals surface area contributed by atoms with Crippen LogP contribution < -0.4 is 0 Å². The lowest BCUT2D eigenvalue weighted by Crippen LogP contribution is -2.30.